The molecule has 5 nitrogen and oxygen atoms in total. The third-order valence-corrected chi connectivity index (χ3v) is 4.56. The van der Waals surface area contributed by atoms with Gasteiger partial charge in [0, 0.05) is 22.1 Å². The summed E-state index contributed by atoms with van der Waals surface area (Å²) >= 11 is 0. The highest BCUT2D eigenvalue weighted by Crippen LogP contribution is 2.32. The lowest BCUT2D eigenvalue weighted by Crippen LogP contribution is -2.09. The highest BCUT2D eigenvalue weighted by atomic mass is 16.1. The fourth-order valence-corrected chi connectivity index (χ4v) is 3.27. The van der Waals surface area contributed by atoms with E-state index in [1.165, 1.54) is 0 Å². The van der Waals surface area contributed by atoms with E-state index in [1.54, 1.807) is 0 Å². The summed E-state index contributed by atoms with van der Waals surface area (Å²) < 4.78 is 0. The van der Waals surface area contributed by atoms with Gasteiger partial charge in [-0.15, -0.1) is 0 Å². The van der Waals surface area contributed by atoms with Gasteiger partial charge in [0.15, 0.2) is 0 Å². The Morgan fingerprint density at radius 2 is 1.73 bits per heavy atom. The molecule has 0 unspecified atom stereocenters. The van der Waals surface area contributed by atoms with Gasteiger partial charge in [0.1, 0.15) is 0 Å². The highest BCUT2D eigenvalue weighted by molar-refractivity contribution is 5.96. The van der Waals surface area contributed by atoms with Crippen LogP contribution in [0.5, 0.6) is 0 Å². The maximum absolute atomic E-state index is 12.3. The zero-order chi connectivity index (χ0) is 17.9. The zero-order valence-corrected chi connectivity index (χ0v) is 14.3. The number of benzene rings is 2. The standard InChI is InChI=1S/C21H20N4O/c22-12-6-10-16-20(24-25-21(16)26)17-13-19(14-7-2-1-3-8-14)23-18-11-5-4-9-15(17)18/h1-5,7-9,11,13H,6,10,12,22H2,(H2,24,25,26). The molecular formula is C21H20N4O. The first kappa shape index (κ1) is 16.3. The largest absolute Gasteiger partial charge is 0.330 e. The molecule has 0 aliphatic carbocycles. The summed E-state index contributed by atoms with van der Waals surface area (Å²) in [5.74, 6) is 0. The maximum Gasteiger partial charge on any atom is 0.267 e. The van der Waals surface area contributed by atoms with Gasteiger partial charge >= 0.3 is 0 Å². The van der Waals surface area contributed by atoms with E-state index in [4.69, 9.17) is 10.7 Å². The molecule has 0 fully saturated rings. The average Bonchev–Trinajstić information content (AvgIpc) is 3.06. The minimum atomic E-state index is -0.0874. The number of hydrogen-bond donors (Lipinski definition) is 3. The molecule has 26 heavy (non-hydrogen) atoms. The number of aromatic nitrogens is 3. The van der Waals surface area contributed by atoms with Gasteiger partial charge < -0.3 is 5.73 Å². The molecule has 4 aromatic rings. The molecule has 0 aliphatic rings. The lowest BCUT2D eigenvalue weighted by Gasteiger charge is -2.10. The summed E-state index contributed by atoms with van der Waals surface area (Å²) in [6.45, 7) is 0.552. The lowest BCUT2D eigenvalue weighted by molar-refractivity contribution is 0.829. The van der Waals surface area contributed by atoms with E-state index in [9.17, 15) is 4.79 Å². The lowest BCUT2D eigenvalue weighted by atomic mass is 9.98. The van der Waals surface area contributed by atoms with Gasteiger partial charge in [-0.2, -0.15) is 0 Å². The Balaban J connectivity index is 1.96. The maximum atomic E-state index is 12.3. The molecule has 0 radical (unpaired) electrons. The molecule has 2 heterocycles. The summed E-state index contributed by atoms with van der Waals surface area (Å²) in [5.41, 5.74) is 10.9. The van der Waals surface area contributed by atoms with Gasteiger partial charge in [0.25, 0.3) is 5.56 Å². The van der Waals surface area contributed by atoms with Crippen molar-refractivity contribution >= 4 is 10.9 Å². The van der Waals surface area contributed by atoms with Crippen molar-refractivity contribution in [3.63, 3.8) is 0 Å². The number of nitrogens with two attached hydrogens (primary N) is 1. The van der Waals surface area contributed by atoms with Crippen molar-refractivity contribution in [1.29, 1.82) is 0 Å². The number of nitrogens with zero attached hydrogens (tertiary/aromatic N) is 1. The Morgan fingerprint density at radius 1 is 0.962 bits per heavy atom. The van der Waals surface area contributed by atoms with Crippen LogP contribution >= 0.6 is 0 Å². The molecule has 4 rings (SSSR count). The van der Waals surface area contributed by atoms with Crippen LogP contribution < -0.4 is 11.3 Å². The molecule has 5 heteroatoms. The zero-order valence-electron chi connectivity index (χ0n) is 14.3. The van der Waals surface area contributed by atoms with E-state index in [-0.39, 0.29) is 5.56 Å². The topological polar surface area (TPSA) is 87.6 Å². The number of rotatable bonds is 5. The minimum Gasteiger partial charge on any atom is -0.330 e. The van der Waals surface area contributed by atoms with Crippen LogP contribution in [0.1, 0.15) is 12.0 Å². The number of aromatic amines is 2. The fraction of sp³-hybridized carbons (Fsp3) is 0.143. The van der Waals surface area contributed by atoms with Crippen molar-refractivity contribution in [2.75, 3.05) is 6.54 Å². The van der Waals surface area contributed by atoms with E-state index in [1.807, 2.05) is 60.7 Å². The van der Waals surface area contributed by atoms with E-state index in [0.717, 1.165) is 45.4 Å². The van der Waals surface area contributed by atoms with Crippen molar-refractivity contribution in [1.82, 2.24) is 15.2 Å². The molecule has 0 saturated heterocycles. The van der Waals surface area contributed by atoms with Gasteiger partial charge in [0.05, 0.1) is 16.9 Å². The summed E-state index contributed by atoms with van der Waals surface area (Å²) in [7, 11) is 0. The average molecular weight is 344 g/mol. The number of fused-ring (bicyclic) bond motifs is 1. The van der Waals surface area contributed by atoms with Crippen molar-refractivity contribution in [2.45, 2.75) is 12.8 Å². The molecule has 0 amide bonds. The smallest absolute Gasteiger partial charge is 0.267 e. The molecule has 0 aliphatic heterocycles. The number of H-pyrrole nitrogens is 2. The molecule has 2 aromatic heterocycles. The van der Waals surface area contributed by atoms with E-state index in [2.05, 4.69) is 10.2 Å². The Bertz CT molecular complexity index is 1100. The van der Waals surface area contributed by atoms with Crippen LogP contribution in [0.15, 0.2) is 65.5 Å². The van der Waals surface area contributed by atoms with Crippen molar-refractivity contribution in [3.05, 3.63) is 76.6 Å². The molecule has 0 bridgehead atoms. The second-order valence-electron chi connectivity index (χ2n) is 6.26. The van der Waals surface area contributed by atoms with E-state index >= 15 is 0 Å². The van der Waals surface area contributed by atoms with Gasteiger partial charge in [-0.3, -0.25) is 15.0 Å². The van der Waals surface area contributed by atoms with Crippen LogP contribution in [0.25, 0.3) is 33.4 Å². The molecule has 0 atom stereocenters. The molecule has 0 saturated carbocycles. The first-order valence-electron chi connectivity index (χ1n) is 8.73. The molecule has 4 N–H and O–H groups in total. The third kappa shape index (κ3) is 2.93. The second-order valence-corrected chi connectivity index (χ2v) is 6.26. The Morgan fingerprint density at radius 3 is 2.54 bits per heavy atom. The molecule has 0 spiro atoms. The van der Waals surface area contributed by atoms with Gasteiger partial charge in [0.2, 0.25) is 0 Å². The van der Waals surface area contributed by atoms with Crippen LogP contribution in [0.3, 0.4) is 0 Å². The van der Waals surface area contributed by atoms with Crippen LogP contribution in [0.2, 0.25) is 0 Å². The summed E-state index contributed by atoms with van der Waals surface area (Å²) in [4.78, 5) is 17.1. The van der Waals surface area contributed by atoms with Gasteiger partial charge in [-0.05, 0) is 31.5 Å². The predicted octanol–water partition coefficient (Wildman–Crippen LogP) is 3.48. The normalized spacial score (nSPS) is 11.1. The Kier molecular flexibility index (Phi) is 4.37. The molecule has 2 aromatic carbocycles. The highest BCUT2D eigenvalue weighted by Gasteiger charge is 2.16. The van der Waals surface area contributed by atoms with Gasteiger partial charge in [-0.1, -0.05) is 48.5 Å². The summed E-state index contributed by atoms with van der Waals surface area (Å²) in [5, 5.41) is 6.80. The monoisotopic (exact) mass is 344 g/mol. The third-order valence-electron chi connectivity index (χ3n) is 4.56. The number of pyridine rings is 1. The van der Waals surface area contributed by atoms with E-state index in [0.29, 0.717) is 13.0 Å². The second kappa shape index (κ2) is 6.98. The molecule has 130 valence electrons. The van der Waals surface area contributed by atoms with Gasteiger partial charge in [-0.25, -0.2) is 4.98 Å². The summed E-state index contributed by atoms with van der Waals surface area (Å²) in [6.07, 6.45) is 1.41. The minimum absolute atomic E-state index is 0.0874. The van der Waals surface area contributed by atoms with Crippen LogP contribution in [-0.4, -0.2) is 21.7 Å². The first-order chi connectivity index (χ1) is 12.8. The molecular weight excluding hydrogens is 324 g/mol. The van der Waals surface area contributed by atoms with Crippen molar-refractivity contribution in [2.24, 2.45) is 5.73 Å². The quantitative estimate of drug-likeness (QED) is 0.518. The SMILES string of the molecule is NCCCc1c(-c2cc(-c3ccccc3)nc3ccccc23)[nH][nH]c1=O. The van der Waals surface area contributed by atoms with Crippen molar-refractivity contribution in [3.8, 4) is 22.5 Å². The Hall–Kier alpha value is -3.18. The number of hydrogen-bond acceptors (Lipinski definition) is 3. The summed E-state index contributed by atoms with van der Waals surface area (Å²) in [6, 6.07) is 20.1. The van der Waals surface area contributed by atoms with Crippen LogP contribution in [-0.2, 0) is 6.42 Å². The van der Waals surface area contributed by atoms with Crippen LogP contribution in [0.4, 0.5) is 0 Å². The number of nitrogens with one attached hydrogen (secondary N) is 2. The van der Waals surface area contributed by atoms with Crippen molar-refractivity contribution < 1.29 is 0 Å². The Labute approximate surface area is 150 Å². The predicted molar refractivity (Wildman–Crippen MR) is 105 cm³/mol. The number of para-hydroxylation sites is 1. The first-order valence-corrected chi connectivity index (χ1v) is 8.73. The van der Waals surface area contributed by atoms with E-state index < -0.39 is 0 Å². The fourth-order valence-electron chi connectivity index (χ4n) is 3.27. The van der Waals surface area contributed by atoms with Crippen LogP contribution in [0, 0.1) is 0 Å².